The summed E-state index contributed by atoms with van der Waals surface area (Å²) in [7, 11) is 1.71. The summed E-state index contributed by atoms with van der Waals surface area (Å²) in [5.41, 5.74) is 1.40. The van der Waals surface area contributed by atoms with Crippen molar-refractivity contribution in [2.45, 2.75) is 19.3 Å². The third-order valence-corrected chi connectivity index (χ3v) is 3.53. The second-order valence-electron chi connectivity index (χ2n) is 4.90. The first-order chi connectivity index (χ1) is 8.88. The standard InChI is InChI=1S/C15H24N2O/c1-18-15-6-4-14(5-7-15)8-13-17-11-2-9-16-10-3-12-17/h4-7,16H,2-3,8-13H2,1H3. The van der Waals surface area contributed by atoms with E-state index in [-0.39, 0.29) is 0 Å². The molecule has 0 amide bonds. The van der Waals surface area contributed by atoms with Crippen LogP contribution in [0.25, 0.3) is 0 Å². The van der Waals surface area contributed by atoms with Gasteiger partial charge in [0, 0.05) is 6.54 Å². The maximum absolute atomic E-state index is 5.18. The fourth-order valence-corrected chi connectivity index (χ4v) is 2.40. The zero-order valence-electron chi connectivity index (χ0n) is 11.3. The van der Waals surface area contributed by atoms with Gasteiger partial charge in [-0.3, -0.25) is 0 Å². The molecule has 0 aliphatic carbocycles. The predicted octanol–water partition coefficient (Wildman–Crippen LogP) is 1.92. The fourth-order valence-electron chi connectivity index (χ4n) is 2.40. The molecule has 3 nitrogen and oxygen atoms in total. The quantitative estimate of drug-likeness (QED) is 0.881. The summed E-state index contributed by atoms with van der Waals surface area (Å²) < 4.78 is 5.18. The molecule has 1 saturated heterocycles. The van der Waals surface area contributed by atoms with Crippen LogP contribution in [0.15, 0.2) is 24.3 Å². The van der Waals surface area contributed by atoms with Crippen molar-refractivity contribution in [3.8, 4) is 5.75 Å². The van der Waals surface area contributed by atoms with Crippen molar-refractivity contribution >= 4 is 0 Å². The van der Waals surface area contributed by atoms with Crippen molar-refractivity contribution in [2.24, 2.45) is 0 Å². The van der Waals surface area contributed by atoms with Crippen LogP contribution in [-0.2, 0) is 6.42 Å². The van der Waals surface area contributed by atoms with Gasteiger partial charge in [0.2, 0.25) is 0 Å². The first kappa shape index (κ1) is 13.4. The molecule has 1 aromatic carbocycles. The molecule has 0 atom stereocenters. The molecular weight excluding hydrogens is 224 g/mol. The van der Waals surface area contributed by atoms with E-state index < -0.39 is 0 Å². The smallest absolute Gasteiger partial charge is 0.118 e. The van der Waals surface area contributed by atoms with E-state index in [1.54, 1.807) is 7.11 Å². The average Bonchev–Trinajstić information content (AvgIpc) is 2.38. The highest BCUT2D eigenvalue weighted by atomic mass is 16.5. The van der Waals surface area contributed by atoms with Gasteiger partial charge >= 0.3 is 0 Å². The number of benzene rings is 1. The SMILES string of the molecule is COc1ccc(CCN2CCCNCCC2)cc1. The Morgan fingerprint density at radius 1 is 1.11 bits per heavy atom. The molecule has 1 aromatic rings. The van der Waals surface area contributed by atoms with Crippen molar-refractivity contribution in [2.75, 3.05) is 39.8 Å². The fraction of sp³-hybridized carbons (Fsp3) is 0.600. The Kier molecular flexibility index (Phi) is 5.49. The van der Waals surface area contributed by atoms with E-state index in [1.165, 1.54) is 51.1 Å². The van der Waals surface area contributed by atoms with Gasteiger partial charge < -0.3 is 15.0 Å². The summed E-state index contributed by atoms with van der Waals surface area (Å²) in [6.45, 7) is 5.96. The van der Waals surface area contributed by atoms with Gasteiger partial charge in [0.1, 0.15) is 5.75 Å². The zero-order chi connectivity index (χ0) is 12.6. The van der Waals surface area contributed by atoms with Gasteiger partial charge in [0.25, 0.3) is 0 Å². The lowest BCUT2D eigenvalue weighted by molar-refractivity contribution is 0.255. The maximum Gasteiger partial charge on any atom is 0.118 e. The highest BCUT2D eigenvalue weighted by molar-refractivity contribution is 5.27. The molecule has 1 aliphatic heterocycles. The summed E-state index contributed by atoms with van der Waals surface area (Å²) >= 11 is 0. The van der Waals surface area contributed by atoms with Crippen LogP contribution in [0.4, 0.5) is 0 Å². The first-order valence-electron chi connectivity index (χ1n) is 6.94. The normalized spacial score (nSPS) is 18.1. The molecule has 2 rings (SSSR count). The van der Waals surface area contributed by atoms with Crippen LogP contribution in [0.1, 0.15) is 18.4 Å². The van der Waals surface area contributed by atoms with Crippen molar-refractivity contribution in [1.82, 2.24) is 10.2 Å². The minimum absolute atomic E-state index is 0.941. The summed E-state index contributed by atoms with van der Waals surface area (Å²) in [6, 6.07) is 8.44. The number of hydrogen-bond acceptors (Lipinski definition) is 3. The van der Waals surface area contributed by atoms with Crippen LogP contribution >= 0.6 is 0 Å². The Morgan fingerprint density at radius 3 is 2.39 bits per heavy atom. The molecule has 0 radical (unpaired) electrons. The zero-order valence-corrected chi connectivity index (χ0v) is 11.3. The molecule has 1 heterocycles. The molecule has 0 bridgehead atoms. The van der Waals surface area contributed by atoms with Crippen molar-refractivity contribution < 1.29 is 4.74 Å². The van der Waals surface area contributed by atoms with Gasteiger partial charge in [-0.1, -0.05) is 12.1 Å². The molecular formula is C15H24N2O. The lowest BCUT2D eigenvalue weighted by Gasteiger charge is -2.24. The minimum atomic E-state index is 0.941. The Labute approximate surface area is 110 Å². The van der Waals surface area contributed by atoms with Gasteiger partial charge in [-0.15, -0.1) is 0 Å². The Hall–Kier alpha value is -1.06. The number of methoxy groups -OCH3 is 1. The van der Waals surface area contributed by atoms with Crippen molar-refractivity contribution in [3.63, 3.8) is 0 Å². The van der Waals surface area contributed by atoms with Crippen molar-refractivity contribution in [1.29, 1.82) is 0 Å². The Morgan fingerprint density at radius 2 is 1.78 bits per heavy atom. The van der Waals surface area contributed by atoms with Crippen molar-refractivity contribution in [3.05, 3.63) is 29.8 Å². The average molecular weight is 248 g/mol. The molecule has 1 N–H and O–H groups in total. The lowest BCUT2D eigenvalue weighted by atomic mass is 10.1. The number of nitrogens with zero attached hydrogens (tertiary/aromatic N) is 1. The van der Waals surface area contributed by atoms with E-state index in [0.29, 0.717) is 0 Å². The predicted molar refractivity (Wildman–Crippen MR) is 75.2 cm³/mol. The van der Waals surface area contributed by atoms with E-state index in [4.69, 9.17) is 4.74 Å². The molecule has 1 fully saturated rings. The number of hydrogen-bond donors (Lipinski definition) is 1. The molecule has 3 heteroatoms. The van der Waals surface area contributed by atoms with Gasteiger partial charge in [-0.25, -0.2) is 0 Å². The van der Waals surface area contributed by atoms with Crippen LogP contribution in [0, 0.1) is 0 Å². The van der Waals surface area contributed by atoms with Crippen LogP contribution < -0.4 is 10.1 Å². The van der Waals surface area contributed by atoms with Crippen LogP contribution in [0.5, 0.6) is 5.75 Å². The summed E-state index contributed by atoms with van der Waals surface area (Å²) in [6.07, 6.45) is 3.67. The minimum Gasteiger partial charge on any atom is -0.497 e. The second kappa shape index (κ2) is 7.39. The number of nitrogens with one attached hydrogen (secondary N) is 1. The van der Waals surface area contributed by atoms with Crippen LogP contribution in [0.3, 0.4) is 0 Å². The Balaban J connectivity index is 1.78. The third kappa shape index (κ3) is 4.31. The van der Waals surface area contributed by atoms with E-state index in [2.05, 4.69) is 22.3 Å². The number of rotatable bonds is 4. The molecule has 100 valence electrons. The largest absolute Gasteiger partial charge is 0.497 e. The van der Waals surface area contributed by atoms with Crippen LogP contribution in [-0.4, -0.2) is 44.7 Å². The monoisotopic (exact) mass is 248 g/mol. The Bertz CT molecular complexity index is 329. The van der Waals surface area contributed by atoms with Gasteiger partial charge in [-0.05, 0) is 63.1 Å². The highest BCUT2D eigenvalue weighted by Crippen LogP contribution is 2.12. The van der Waals surface area contributed by atoms with Gasteiger partial charge in [0.05, 0.1) is 7.11 Å². The van der Waals surface area contributed by atoms with Crippen LogP contribution in [0.2, 0.25) is 0 Å². The summed E-state index contributed by atoms with van der Waals surface area (Å²) in [5.74, 6) is 0.941. The molecule has 0 unspecified atom stereocenters. The highest BCUT2D eigenvalue weighted by Gasteiger charge is 2.07. The molecule has 1 aliphatic rings. The summed E-state index contributed by atoms with van der Waals surface area (Å²) in [4.78, 5) is 2.59. The lowest BCUT2D eigenvalue weighted by Crippen LogP contribution is -2.35. The van der Waals surface area contributed by atoms with Gasteiger partial charge in [0.15, 0.2) is 0 Å². The van der Waals surface area contributed by atoms with E-state index >= 15 is 0 Å². The van der Waals surface area contributed by atoms with E-state index in [1.807, 2.05) is 12.1 Å². The topological polar surface area (TPSA) is 24.5 Å². The van der Waals surface area contributed by atoms with E-state index in [0.717, 1.165) is 12.2 Å². The molecule has 0 saturated carbocycles. The van der Waals surface area contributed by atoms with Gasteiger partial charge in [-0.2, -0.15) is 0 Å². The summed E-state index contributed by atoms with van der Waals surface area (Å²) in [5, 5.41) is 3.45. The molecule has 18 heavy (non-hydrogen) atoms. The third-order valence-electron chi connectivity index (χ3n) is 3.53. The molecule has 0 spiro atoms. The first-order valence-corrected chi connectivity index (χ1v) is 6.94. The molecule has 0 aromatic heterocycles. The number of ether oxygens (including phenoxy) is 1. The second-order valence-corrected chi connectivity index (χ2v) is 4.90. The maximum atomic E-state index is 5.18. The van der Waals surface area contributed by atoms with E-state index in [9.17, 15) is 0 Å².